The molecule has 2 aromatic heterocycles. The van der Waals surface area contributed by atoms with Crippen LogP contribution in [0.4, 0.5) is 0 Å². The third-order valence-corrected chi connectivity index (χ3v) is 5.77. The Labute approximate surface area is 130 Å². The molecule has 2 atom stereocenters. The van der Waals surface area contributed by atoms with Gasteiger partial charge in [0.15, 0.2) is 0 Å². The lowest BCUT2D eigenvalue weighted by molar-refractivity contribution is 0.385. The van der Waals surface area contributed by atoms with Gasteiger partial charge in [0.2, 0.25) is 5.88 Å². The Kier molecular flexibility index (Phi) is 2.31. The first-order valence-electron chi connectivity index (χ1n) is 7.46. The quantitative estimate of drug-likeness (QED) is 0.699. The molecule has 0 radical (unpaired) electrons. The third kappa shape index (κ3) is 1.39. The van der Waals surface area contributed by atoms with Crippen LogP contribution in [0, 0.1) is 0 Å². The molecule has 0 saturated carbocycles. The van der Waals surface area contributed by atoms with Crippen LogP contribution >= 0.6 is 11.3 Å². The van der Waals surface area contributed by atoms with Gasteiger partial charge in [-0.3, -0.25) is 4.57 Å². The third-order valence-electron chi connectivity index (χ3n) is 4.82. The number of aromatic hydroxyl groups is 1. The van der Waals surface area contributed by atoms with Crippen molar-refractivity contribution in [2.75, 3.05) is 0 Å². The average molecular weight is 310 g/mol. The van der Waals surface area contributed by atoms with E-state index in [1.807, 2.05) is 29.6 Å². The van der Waals surface area contributed by atoms with Gasteiger partial charge in [-0.2, -0.15) is 0 Å². The number of aromatic nitrogens is 2. The lowest BCUT2D eigenvalue weighted by Crippen LogP contribution is -2.32. The Balaban J connectivity index is 1.85. The predicted octanol–water partition coefficient (Wildman–Crippen LogP) is 3.55. The maximum Gasteiger partial charge on any atom is 0.336 e. The van der Waals surface area contributed by atoms with Crippen LogP contribution in [0.1, 0.15) is 30.5 Å². The first-order chi connectivity index (χ1) is 10.8. The van der Waals surface area contributed by atoms with Gasteiger partial charge in [0.05, 0.1) is 17.4 Å². The van der Waals surface area contributed by atoms with Gasteiger partial charge in [-0.25, -0.2) is 9.36 Å². The zero-order valence-electron chi connectivity index (χ0n) is 11.8. The Bertz CT molecular complexity index is 992. The molecule has 2 unspecified atom stereocenters. The summed E-state index contributed by atoms with van der Waals surface area (Å²) >= 11 is 1.59. The highest BCUT2D eigenvalue weighted by Crippen LogP contribution is 2.44. The highest BCUT2D eigenvalue weighted by molar-refractivity contribution is 7.17. The van der Waals surface area contributed by atoms with Crippen molar-refractivity contribution in [3.63, 3.8) is 0 Å². The molecule has 3 aromatic rings. The smallest absolute Gasteiger partial charge is 0.336 e. The molecule has 4 heterocycles. The van der Waals surface area contributed by atoms with E-state index in [-0.39, 0.29) is 23.5 Å². The number of benzene rings is 1. The summed E-state index contributed by atoms with van der Waals surface area (Å²) in [6.45, 7) is 0. The van der Waals surface area contributed by atoms with E-state index in [4.69, 9.17) is 0 Å². The van der Waals surface area contributed by atoms with Crippen molar-refractivity contribution in [1.29, 1.82) is 0 Å². The van der Waals surface area contributed by atoms with Crippen LogP contribution in [0.25, 0.3) is 15.8 Å². The van der Waals surface area contributed by atoms with E-state index in [1.54, 1.807) is 15.9 Å². The Morgan fingerprint density at radius 3 is 2.82 bits per heavy atom. The first kappa shape index (κ1) is 12.3. The van der Waals surface area contributed by atoms with E-state index in [1.165, 1.54) is 4.57 Å². The van der Waals surface area contributed by atoms with Crippen LogP contribution in [0.5, 0.6) is 5.88 Å². The molecule has 110 valence electrons. The fourth-order valence-corrected chi connectivity index (χ4v) is 4.72. The van der Waals surface area contributed by atoms with Gasteiger partial charge < -0.3 is 5.11 Å². The van der Waals surface area contributed by atoms with Crippen molar-refractivity contribution in [2.24, 2.45) is 0 Å². The monoisotopic (exact) mass is 310 g/mol. The summed E-state index contributed by atoms with van der Waals surface area (Å²) < 4.78 is 4.37. The first-order valence-corrected chi connectivity index (χ1v) is 8.34. The number of fused-ring (bicyclic) bond motifs is 2. The van der Waals surface area contributed by atoms with Crippen LogP contribution in [-0.2, 0) is 0 Å². The van der Waals surface area contributed by atoms with Crippen LogP contribution in [0.2, 0.25) is 0 Å². The van der Waals surface area contributed by atoms with Gasteiger partial charge in [0.25, 0.3) is 0 Å². The minimum atomic E-state index is -0.130. The summed E-state index contributed by atoms with van der Waals surface area (Å²) in [5, 5.41) is 13.7. The van der Waals surface area contributed by atoms with Crippen LogP contribution in [-0.4, -0.2) is 14.2 Å². The van der Waals surface area contributed by atoms with E-state index in [0.717, 1.165) is 34.3 Å². The fraction of sp³-hybridized carbons (Fsp3) is 0.235. The molecule has 3 aliphatic rings. The summed E-state index contributed by atoms with van der Waals surface area (Å²) in [6.07, 6.45) is 6.20. The number of thiophene rings is 1. The van der Waals surface area contributed by atoms with Gasteiger partial charge in [-0.05, 0) is 18.9 Å². The van der Waals surface area contributed by atoms with Gasteiger partial charge in [-0.1, -0.05) is 30.4 Å². The largest absolute Gasteiger partial charge is 0.493 e. The van der Waals surface area contributed by atoms with Gasteiger partial charge in [0, 0.05) is 21.4 Å². The van der Waals surface area contributed by atoms with E-state index in [9.17, 15) is 9.90 Å². The van der Waals surface area contributed by atoms with Crippen molar-refractivity contribution in [3.05, 3.63) is 58.0 Å². The van der Waals surface area contributed by atoms with Gasteiger partial charge >= 0.3 is 5.69 Å². The highest BCUT2D eigenvalue weighted by atomic mass is 32.1. The molecule has 2 aliphatic heterocycles. The average Bonchev–Trinajstić information content (AvgIpc) is 3.10. The molecule has 2 bridgehead atoms. The molecule has 0 saturated heterocycles. The van der Waals surface area contributed by atoms with E-state index in [0.29, 0.717) is 0 Å². The molecule has 22 heavy (non-hydrogen) atoms. The van der Waals surface area contributed by atoms with Crippen molar-refractivity contribution in [3.8, 4) is 11.6 Å². The van der Waals surface area contributed by atoms with Crippen LogP contribution in [0.3, 0.4) is 0 Å². The normalized spacial score (nSPS) is 22.4. The van der Waals surface area contributed by atoms with Crippen molar-refractivity contribution < 1.29 is 5.11 Å². The predicted molar refractivity (Wildman–Crippen MR) is 87.2 cm³/mol. The SMILES string of the molecule is O=c1n(-c2csc3ccccc23)c(O)c2n1C1C=CC2CC1. The molecule has 1 aliphatic carbocycles. The fourth-order valence-electron chi connectivity index (χ4n) is 3.79. The summed E-state index contributed by atoms with van der Waals surface area (Å²) in [5.41, 5.74) is 1.43. The zero-order valence-corrected chi connectivity index (χ0v) is 12.6. The summed E-state index contributed by atoms with van der Waals surface area (Å²) in [6, 6.07) is 8.07. The molecular weight excluding hydrogens is 296 g/mol. The van der Waals surface area contributed by atoms with Crippen LogP contribution < -0.4 is 5.69 Å². The number of imidazole rings is 1. The molecule has 0 amide bonds. The maximum atomic E-state index is 12.9. The highest BCUT2D eigenvalue weighted by Gasteiger charge is 2.36. The standard InChI is InChI=1S/C17H14N2O2S/c20-16-15-10-5-7-11(8-6-10)18(15)17(21)19(16)13-9-22-14-4-2-1-3-12(13)14/h1-5,7,9-11,20H,6,8H2. The van der Waals surface area contributed by atoms with Gasteiger partial charge in [0.1, 0.15) is 0 Å². The number of nitrogens with zero attached hydrogens (tertiary/aromatic N) is 2. The molecule has 0 fully saturated rings. The Morgan fingerprint density at radius 2 is 2.05 bits per heavy atom. The molecule has 5 heteroatoms. The number of rotatable bonds is 1. The number of hydrogen-bond donors (Lipinski definition) is 1. The van der Waals surface area contributed by atoms with Crippen molar-refractivity contribution in [1.82, 2.24) is 9.13 Å². The Hall–Kier alpha value is -2.27. The molecule has 6 rings (SSSR count). The minimum Gasteiger partial charge on any atom is -0.493 e. The summed E-state index contributed by atoms with van der Waals surface area (Å²) in [4.78, 5) is 12.9. The van der Waals surface area contributed by atoms with Crippen LogP contribution in [0.15, 0.2) is 46.6 Å². The van der Waals surface area contributed by atoms with Crippen molar-refractivity contribution in [2.45, 2.75) is 24.8 Å². The molecule has 1 aromatic carbocycles. The maximum absolute atomic E-state index is 12.9. The van der Waals surface area contributed by atoms with Crippen molar-refractivity contribution >= 4 is 21.4 Å². The molecule has 1 N–H and O–H groups in total. The summed E-state index contributed by atoms with van der Waals surface area (Å²) in [5.74, 6) is 0.261. The number of hydrogen-bond acceptors (Lipinski definition) is 3. The topological polar surface area (TPSA) is 47.2 Å². The number of allylic oxidation sites excluding steroid dienone is 2. The minimum absolute atomic E-state index is 0.0875. The second-order valence-electron chi connectivity index (χ2n) is 5.95. The van der Waals surface area contributed by atoms with E-state index >= 15 is 0 Å². The lowest BCUT2D eigenvalue weighted by atomic mass is 9.86. The van der Waals surface area contributed by atoms with E-state index < -0.39 is 0 Å². The summed E-state index contributed by atoms with van der Waals surface area (Å²) in [7, 11) is 0. The molecule has 4 nitrogen and oxygen atoms in total. The zero-order chi connectivity index (χ0) is 14.8. The molecular formula is C17H14N2O2S. The molecule has 0 spiro atoms. The Morgan fingerprint density at radius 1 is 1.18 bits per heavy atom. The lowest BCUT2D eigenvalue weighted by Gasteiger charge is -2.31. The van der Waals surface area contributed by atoms with E-state index in [2.05, 4.69) is 12.2 Å². The van der Waals surface area contributed by atoms with Gasteiger partial charge in [-0.15, -0.1) is 11.3 Å². The second kappa shape index (κ2) is 4.14. The second-order valence-corrected chi connectivity index (χ2v) is 6.86.